The molecule has 3 nitrogen and oxygen atoms in total. The van der Waals surface area contributed by atoms with Gasteiger partial charge in [0.1, 0.15) is 0 Å². The van der Waals surface area contributed by atoms with Crippen LogP contribution < -0.4 is 4.90 Å². The van der Waals surface area contributed by atoms with Crippen LogP contribution in [0, 0.1) is 6.92 Å². The first-order valence-electron chi connectivity index (χ1n) is 5.94. The second-order valence-corrected chi connectivity index (χ2v) is 5.24. The monoisotopic (exact) mass is 299 g/mol. The molecule has 0 amide bonds. The fourth-order valence-electron chi connectivity index (χ4n) is 2.21. The summed E-state index contributed by atoms with van der Waals surface area (Å²) in [6, 6.07) is 6.65. The largest absolute Gasteiger partial charge is 0.396 e. The van der Waals surface area contributed by atoms with E-state index in [4.69, 9.17) is 9.84 Å². The van der Waals surface area contributed by atoms with Crippen LogP contribution in [0.5, 0.6) is 0 Å². The number of morpholine rings is 1. The Bertz CT molecular complexity index is 382. The molecule has 2 rings (SSSR count). The Morgan fingerprint density at radius 2 is 2.35 bits per heavy atom. The molecule has 0 aliphatic carbocycles. The Kier molecular flexibility index (Phi) is 4.42. The third kappa shape index (κ3) is 3.00. The molecule has 1 aromatic carbocycles. The molecule has 1 heterocycles. The molecule has 17 heavy (non-hydrogen) atoms. The zero-order valence-corrected chi connectivity index (χ0v) is 11.6. The smallest absolute Gasteiger partial charge is 0.0671 e. The molecule has 94 valence electrons. The Hall–Kier alpha value is -0.580. The van der Waals surface area contributed by atoms with Crippen molar-refractivity contribution in [2.45, 2.75) is 19.4 Å². The lowest BCUT2D eigenvalue weighted by molar-refractivity contribution is 0.0849. The van der Waals surface area contributed by atoms with E-state index in [0.29, 0.717) is 6.61 Å². The van der Waals surface area contributed by atoms with Crippen LogP contribution in [0.1, 0.15) is 12.0 Å². The van der Waals surface area contributed by atoms with Gasteiger partial charge in [0.25, 0.3) is 0 Å². The first-order chi connectivity index (χ1) is 8.22. The fraction of sp³-hybridized carbons (Fsp3) is 0.538. The number of nitrogens with zero attached hydrogens (tertiary/aromatic N) is 1. The number of hydrogen-bond donors (Lipinski definition) is 1. The maximum atomic E-state index is 9.10. The van der Waals surface area contributed by atoms with Gasteiger partial charge in [0.05, 0.1) is 24.9 Å². The molecule has 0 bridgehead atoms. The first-order valence-corrected chi connectivity index (χ1v) is 6.73. The van der Waals surface area contributed by atoms with E-state index < -0.39 is 0 Å². The van der Waals surface area contributed by atoms with E-state index in [-0.39, 0.29) is 12.6 Å². The Labute approximate surface area is 111 Å². The molecule has 1 fully saturated rings. The van der Waals surface area contributed by atoms with Gasteiger partial charge in [-0.15, -0.1) is 0 Å². The van der Waals surface area contributed by atoms with E-state index in [9.17, 15) is 0 Å². The molecular weight excluding hydrogens is 282 g/mol. The number of ether oxygens (including phenoxy) is 1. The van der Waals surface area contributed by atoms with Crippen LogP contribution in [-0.4, -0.2) is 37.5 Å². The second-order valence-electron chi connectivity index (χ2n) is 4.39. The van der Waals surface area contributed by atoms with E-state index in [0.717, 1.165) is 24.0 Å². The molecule has 1 aromatic rings. The van der Waals surface area contributed by atoms with Crippen LogP contribution in [0.15, 0.2) is 22.7 Å². The summed E-state index contributed by atoms with van der Waals surface area (Å²) < 4.78 is 6.60. The van der Waals surface area contributed by atoms with Crippen LogP contribution in [-0.2, 0) is 4.74 Å². The molecule has 4 heteroatoms. The van der Waals surface area contributed by atoms with Crippen molar-refractivity contribution < 1.29 is 9.84 Å². The quantitative estimate of drug-likeness (QED) is 0.930. The summed E-state index contributed by atoms with van der Waals surface area (Å²) in [7, 11) is 0. The van der Waals surface area contributed by atoms with Gasteiger partial charge < -0.3 is 14.7 Å². The molecule has 1 saturated heterocycles. The average Bonchev–Trinajstić information content (AvgIpc) is 2.31. The van der Waals surface area contributed by atoms with Gasteiger partial charge in [-0.05, 0) is 47.0 Å². The number of aliphatic hydroxyl groups excluding tert-OH is 1. The van der Waals surface area contributed by atoms with Crippen LogP contribution in [0.25, 0.3) is 0 Å². The highest BCUT2D eigenvalue weighted by Crippen LogP contribution is 2.30. The standard InChI is InChI=1S/C13H18BrNO2/c1-10-2-3-13(12(14)8-10)15-5-7-17-9-11(15)4-6-16/h2-3,8,11,16H,4-7,9H2,1H3. The zero-order valence-electron chi connectivity index (χ0n) is 10.0. The van der Waals surface area contributed by atoms with E-state index >= 15 is 0 Å². The number of rotatable bonds is 3. The van der Waals surface area contributed by atoms with Gasteiger partial charge in [-0.3, -0.25) is 0 Å². The fourth-order valence-corrected chi connectivity index (χ4v) is 2.93. The Balaban J connectivity index is 2.23. The van der Waals surface area contributed by atoms with Crippen molar-refractivity contribution in [2.24, 2.45) is 0 Å². The number of halogens is 1. The molecule has 1 aliphatic heterocycles. The van der Waals surface area contributed by atoms with Gasteiger partial charge in [-0.1, -0.05) is 6.07 Å². The van der Waals surface area contributed by atoms with Crippen LogP contribution in [0.4, 0.5) is 5.69 Å². The van der Waals surface area contributed by atoms with Crippen molar-refractivity contribution in [3.05, 3.63) is 28.2 Å². The summed E-state index contributed by atoms with van der Waals surface area (Å²) >= 11 is 3.62. The number of anilines is 1. The Morgan fingerprint density at radius 3 is 3.06 bits per heavy atom. The lowest BCUT2D eigenvalue weighted by atomic mass is 10.1. The maximum absolute atomic E-state index is 9.10. The average molecular weight is 300 g/mol. The normalized spacial score (nSPS) is 20.6. The lowest BCUT2D eigenvalue weighted by Crippen LogP contribution is -2.46. The SMILES string of the molecule is Cc1ccc(N2CCOCC2CCO)c(Br)c1. The van der Waals surface area contributed by atoms with Crippen molar-refractivity contribution >= 4 is 21.6 Å². The summed E-state index contributed by atoms with van der Waals surface area (Å²) in [4.78, 5) is 2.32. The summed E-state index contributed by atoms with van der Waals surface area (Å²) in [5, 5.41) is 9.10. The highest BCUT2D eigenvalue weighted by Gasteiger charge is 2.24. The van der Waals surface area contributed by atoms with Gasteiger partial charge in [0.2, 0.25) is 0 Å². The van der Waals surface area contributed by atoms with Crippen molar-refractivity contribution in [1.29, 1.82) is 0 Å². The van der Waals surface area contributed by atoms with Crippen LogP contribution in [0.2, 0.25) is 0 Å². The van der Waals surface area contributed by atoms with Gasteiger partial charge >= 0.3 is 0 Å². The van der Waals surface area contributed by atoms with Crippen molar-refractivity contribution in [1.82, 2.24) is 0 Å². The van der Waals surface area contributed by atoms with Crippen molar-refractivity contribution in [3.63, 3.8) is 0 Å². The van der Waals surface area contributed by atoms with Crippen molar-refractivity contribution in [3.8, 4) is 0 Å². The van der Waals surface area contributed by atoms with Crippen LogP contribution >= 0.6 is 15.9 Å². The highest BCUT2D eigenvalue weighted by atomic mass is 79.9. The molecule has 0 spiro atoms. The first kappa shape index (κ1) is 12.9. The zero-order chi connectivity index (χ0) is 12.3. The van der Waals surface area contributed by atoms with E-state index in [1.165, 1.54) is 11.3 Å². The van der Waals surface area contributed by atoms with Gasteiger partial charge in [0.15, 0.2) is 0 Å². The molecule has 1 unspecified atom stereocenters. The maximum Gasteiger partial charge on any atom is 0.0671 e. The van der Waals surface area contributed by atoms with Gasteiger partial charge in [-0.25, -0.2) is 0 Å². The topological polar surface area (TPSA) is 32.7 Å². The Morgan fingerprint density at radius 1 is 1.53 bits per heavy atom. The molecule has 0 aromatic heterocycles. The molecule has 1 N–H and O–H groups in total. The van der Waals surface area contributed by atoms with E-state index in [2.05, 4.69) is 46.0 Å². The van der Waals surface area contributed by atoms with Gasteiger partial charge in [-0.2, -0.15) is 0 Å². The minimum atomic E-state index is 0.202. The summed E-state index contributed by atoms with van der Waals surface area (Å²) in [5.41, 5.74) is 2.44. The minimum absolute atomic E-state index is 0.202. The van der Waals surface area contributed by atoms with Crippen molar-refractivity contribution in [2.75, 3.05) is 31.3 Å². The number of hydrogen-bond acceptors (Lipinski definition) is 3. The third-order valence-corrected chi connectivity index (χ3v) is 3.74. The predicted octanol–water partition coefficient (Wildman–Crippen LogP) is 2.35. The number of aliphatic hydroxyl groups is 1. The number of aryl methyl sites for hydroxylation is 1. The molecule has 0 radical (unpaired) electrons. The van der Waals surface area contributed by atoms with E-state index in [1.54, 1.807) is 0 Å². The highest BCUT2D eigenvalue weighted by molar-refractivity contribution is 9.10. The second kappa shape index (κ2) is 5.85. The molecule has 0 saturated carbocycles. The number of benzene rings is 1. The van der Waals surface area contributed by atoms with Crippen LogP contribution in [0.3, 0.4) is 0 Å². The summed E-state index contributed by atoms with van der Waals surface area (Å²) in [5.74, 6) is 0. The third-order valence-electron chi connectivity index (χ3n) is 3.10. The predicted molar refractivity (Wildman–Crippen MR) is 72.5 cm³/mol. The molecular formula is C13H18BrNO2. The minimum Gasteiger partial charge on any atom is -0.396 e. The van der Waals surface area contributed by atoms with E-state index in [1.807, 2.05) is 0 Å². The van der Waals surface area contributed by atoms with Gasteiger partial charge in [0, 0.05) is 17.6 Å². The lowest BCUT2D eigenvalue weighted by Gasteiger charge is -2.37. The molecule has 1 aliphatic rings. The molecule has 1 atom stereocenters. The summed E-state index contributed by atoms with van der Waals surface area (Å²) in [6.07, 6.45) is 0.750. The summed E-state index contributed by atoms with van der Waals surface area (Å²) in [6.45, 7) is 4.61.